The van der Waals surface area contributed by atoms with Crippen LogP contribution < -0.4 is 5.32 Å². The fourth-order valence-corrected chi connectivity index (χ4v) is 5.93. The number of nitrogens with zero attached hydrogens (tertiary/aromatic N) is 2. The van der Waals surface area contributed by atoms with Gasteiger partial charge in [0.15, 0.2) is 17.9 Å². The molecule has 9 atom stereocenters. The lowest BCUT2D eigenvalue weighted by Crippen LogP contribution is -2.69. The maximum Gasteiger partial charge on any atom is 0.319 e. The average molecular weight is 528 g/mol. The van der Waals surface area contributed by atoms with Crippen LogP contribution in [0.1, 0.15) is 47.5 Å². The minimum absolute atomic E-state index is 0.0313. The van der Waals surface area contributed by atoms with Crippen LogP contribution in [0.5, 0.6) is 0 Å². The molecule has 37 heavy (non-hydrogen) atoms. The Balaban J connectivity index is 2.02. The van der Waals surface area contributed by atoms with Crippen molar-refractivity contribution in [1.82, 2.24) is 15.1 Å². The summed E-state index contributed by atoms with van der Waals surface area (Å²) in [4.78, 5) is 31.2. The van der Waals surface area contributed by atoms with Gasteiger partial charge in [-0.25, -0.2) is 0 Å². The maximum absolute atomic E-state index is 13.9. The van der Waals surface area contributed by atoms with Crippen LogP contribution in [0.25, 0.3) is 0 Å². The van der Waals surface area contributed by atoms with Gasteiger partial charge in [-0.1, -0.05) is 13.8 Å². The number of rotatable bonds is 4. The van der Waals surface area contributed by atoms with Crippen molar-refractivity contribution in [3.8, 4) is 0 Å². The normalized spacial score (nSPS) is 41.7. The Bertz CT molecular complexity index is 807. The molecule has 0 aliphatic carbocycles. The lowest BCUT2D eigenvalue weighted by atomic mass is 9.76. The molecule has 0 unspecified atom stereocenters. The fourth-order valence-electron chi connectivity index (χ4n) is 5.93. The Hall–Kier alpha value is -1.14. The maximum atomic E-state index is 13.9. The number of methoxy groups -OCH3 is 1. The fraction of sp³-hybridized carbons (Fsp3) is 0.926. The lowest BCUT2D eigenvalue weighted by molar-refractivity contribution is -0.424. The van der Waals surface area contributed by atoms with E-state index in [4.69, 9.17) is 23.7 Å². The molecule has 0 saturated carbocycles. The van der Waals surface area contributed by atoms with Crippen LogP contribution in [0, 0.1) is 17.3 Å². The van der Waals surface area contributed by atoms with Crippen LogP contribution in [0.2, 0.25) is 0 Å². The molecule has 3 fully saturated rings. The van der Waals surface area contributed by atoms with Crippen LogP contribution in [0.3, 0.4) is 0 Å². The Morgan fingerprint density at radius 1 is 1.08 bits per heavy atom. The summed E-state index contributed by atoms with van der Waals surface area (Å²) < 4.78 is 31.5. The topological polar surface area (TPSA) is 98.8 Å². The summed E-state index contributed by atoms with van der Waals surface area (Å²) >= 11 is 0. The van der Waals surface area contributed by atoms with Gasteiger partial charge in [-0.15, -0.1) is 0 Å². The second-order valence-corrected chi connectivity index (χ2v) is 12.3. The van der Waals surface area contributed by atoms with E-state index < -0.39 is 35.5 Å². The monoisotopic (exact) mass is 527 g/mol. The SMILES string of the molecule is CO[C@]12C[C@@H](C)CN[C@@H](CN(C)C)COC(=O)C(C)(C)C(=O)[C@H](C)[C@H]1O[C@@H]1O[C@H](C)C[C@H](N(C)C)[C@H]1O2. The number of nitrogens with one attached hydrogen (secondary N) is 1. The van der Waals surface area contributed by atoms with Gasteiger partial charge in [-0.05, 0) is 67.8 Å². The van der Waals surface area contributed by atoms with Crippen LogP contribution >= 0.6 is 0 Å². The Labute approximate surface area is 222 Å². The number of esters is 1. The van der Waals surface area contributed by atoms with Gasteiger partial charge in [0, 0.05) is 32.0 Å². The summed E-state index contributed by atoms with van der Waals surface area (Å²) in [5, 5.41) is 3.55. The summed E-state index contributed by atoms with van der Waals surface area (Å²) in [7, 11) is 9.61. The lowest BCUT2D eigenvalue weighted by Gasteiger charge is -2.55. The standard InChI is InChI=1S/C27H49N3O7/c1-16-12-27(33-10)23(36-24-21(37-27)20(30(8)9)11-17(2)35-24)18(3)22(31)26(4,5)25(32)34-15-19(28-13-16)14-29(6)7/h16-21,23-24,28H,11-15H2,1-10H3/t16-,17-,18+,19+,20+,21-,23-,24+,27+/m1/s1. The predicted molar refractivity (Wildman–Crippen MR) is 139 cm³/mol. The van der Waals surface area contributed by atoms with E-state index in [1.807, 2.05) is 40.0 Å². The summed E-state index contributed by atoms with van der Waals surface area (Å²) in [6, 6.07) is -0.0272. The number of hydrogen-bond donors (Lipinski definition) is 1. The zero-order chi connectivity index (χ0) is 27.7. The van der Waals surface area contributed by atoms with Crippen molar-refractivity contribution < 1.29 is 33.3 Å². The van der Waals surface area contributed by atoms with Gasteiger partial charge in [0.25, 0.3) is 0 Å². The van der Waals surface area contributed by atoms with Gasteiger partial charge in [-0.3, -0.25) is 9.59 Å². The van der Waals surface area contributed by atoms with E-state index in [9.17, 15) is 9.59 Å². The first-order valence-corrected chi connectivity index (χ1v) is 13.5. The first-order valence-electron chi connectivity index (χ1n) is 13.5. The smallest absolute Gasteiger partial charge is 0.319 e. The number of ether oxygens (including phenoxy) is 5. The quantitative estimate of drug-likeness (QED) is 0.428. The molecule has 214 valence electrons. The third-order valence-corrected chi connectivity index (χ3v) is 8.03. The molecule has 1 N–H and O–H groups in total. The van der Waals surface area contributed by atoms with Gasteiger partial charge in [0.05, 0.1) is 12.1 Å². The summed E-state index contributed by atoms with van der Waals surface area (Å²) in [5.74, 6) is -2.61. The molecule has 0 radical (unpaired) electrons. The Morgan fingerprint density at radius 2 is 1.76 bits per heavy atom. The molecule has 0 aromatic rings. The zero-order valence-corrected chi connectivity index (χ0v) is 24.4. The minimum Gasteiger partial charge on any atom is -0.463 e. The first kappa shape index (κ1) is 30.4. The Kier molecular flexibility index (Phi) is 9.81. The largest absolute Gasteiger partial charge is 0.463 e. The highest BCUT2D eigenvalue weighted by Gasteiger charge is 2.59. The zero-order valence-electron chi connectivity index (χ0n) is 24.4. The number of carbonyl (C=O) groups is 2. The second-order valence-electron chi connectivity index (χ2n) is 12.3. The molecule has 0 aromatic heterocycles. The van der Waals surface area contributed by atoms with Crippen molar-refractivity contribution in [1.29, 1.82) is 0 Å². The van der Waals surface area contributed by atoms with E-state index in [-0.39, 0.29) is 42.6 Å². The summed E-state index contributed by atoms with van der Waals surface area (Å²) in [5.41, 5.74) is -1.37. The molecule has 3 rings (SSSR count). The molecule has 10 heteroatoms. The van der Waals surface area contributed by atoms with Gasteiger partial charge >= 0.3 is 5.97 Å². The van der Waals surface area contributed by atoms with Crippen molar-refractivity contribution in [2.24, 2.45) is 17.3 Å². The van der Waals surface area contributed by atoms with Crippen LogP contribution in [0.15, 0.2) is 0 Å². The van der Waals surface area contributed by atoms with Gasteiger partial charge in [0.2, 0.25) is 0 Å². The van der Waals surface area contributed by atoms with E-state index in [0.29, 0.717) is 19.5 Å². The number of Topliss-reactive ketones (excluding diaryl/α,β-unsaturated/α-hetero) is 1. The average Bonchev–Trinajstić information content (AvgIpc) is 2.82. The highest BCUT2D eigenvalue weighted by molar-refractivity contribution is 6.04. The van der Waals surface area contributed by atoms with Crippen molar-refractivity contribution >= 4 is 11.8 Å². The molecule has 3 saturated heterocycles. The molecular formula is C27H49N3O7. The van der Waals surface area contributed by atoms with E-state index in [0.717, 1.165) is 6.42 Å². The van der Waals surface area contributed by atoms with E-state index in [2.05, 4.69) is 17.1 Å². The van der Waals surface area contributed by atoms with Crippen molar-refractivity contribution in [2.75, 3.05) is 55.0 Å². The van der Waals surface area contributed by atoms with Crippen molar-refractivity contribution in [3.05, 3.63) is 0 Å². The molecule has 0 amide bonds. The number of carbonyl (C=O) groups excluding carboxylic acids is 2. The van der Waals surface area contributed by atoms with E-state index >= 15 is 0 Å². The third-order valence-electron chi connectivity index (χ3n) is 8.03. The number of cyclic esters (lactones) is 1. The molecule has 0 bridgehead atoms. The molecule has 3 aliphatic heterocycles. The van der Waals surface area contributed by atoms with Gasteiger partial charge in [0.1, 0.15) is 24.2 Å². The number of likely N-dealkylation sites (N-methyl/N-ethyl adjacent to an activating group) is 2. The minimum atomic E-state index is -1.37. The molecule has 0 aromatic carbocycles. The molecular weight excluding hydrogens is 478 g/mol. The van der Waals surface area contributed by atoms with Crippen LogP contribution in [-0.2, 0) is 33.3 Å². The van der Waals surface area contributed by atoms with Crippen molar-refractivity contribution in [2.45, 2.75) is 89.9 Å². The Morgan fingerprint density at radius 3 is 2.35 bits per heavy atom. The molecule has 0 spiro atoms. The molecule has 3 heterocycles. The van der Waals surface area contributed by atoms with Crippen LogP contribution in [-0.4, -0.2) is 119 Å². The second kappa shape index (κ2) is 11.9. The molecule has 10 nitrogen and oxygen atoms in total. The van der Waals surface area contributed by atoms with E-state index in [1.54, 1.807) is 27.9 Å². The molecule has 3 aliphatic rings. The van der Waals surface area contributed by atoms with Crippen molar-refractivity contribution in [3.63, 3.8) is 0 Å². The summed E-state index contributed by atoms with van der Waals surface area (Å²) in [6.07, 6.45) is -0.549. The summed E-state index contributed by atoms with van der Waals surface area (Å²) in [6.45, 7) is 10.7. The van der Waals surface area contributed by atoms with Gasteiger partial charge in [-0.2, -0.15) is 0 Å². The third kappa shape index (κ3) is 6.54. The van der Waals surface area contributed by atoms with Crippen LogP contribution in [0.4, 0.5) is 0 Å². The highest BCUT2D eigenvalue weighted by atomic mass is 16.8. The first-order chi connectivity index (χ1) is 17.2. The number of ketones is 1. The van der Waals surface area contributed by atoms with Gasteiger partial charge < -0.3 is 38.8 Å². The number of hydrogen-bond acceptors (Lipinski definition) is 10. The predicted octanol–water partition coefficient (Wildman–Crippen LogP) is 1.51. The number of fused-ring (bicyclic) bond motifs is 2. The van der Waals surface area contributed by atoms with E-state index in [1.165, 1.54) is 0 Å². The highest BCUT2D eigenvalue weighted by Crippen LogP contribution is 2.44.